The van der Waals surface area contributed by atoms with Crippen LogP contribution in [0.1, 0.15) is 12.0 Å². The van der Waals surface area contributed by atoms with Gasteiger partial charge in [-0.05, 0) is 0 Å². The van der Waals surface area contributed by atoms with E-state index in [0.717, 1.165) is 16.3 Å². The predicted molar refractivity (Wildman–Crippen MR) is 68.4 cm³/mol. The lowest BCUT2D eigenvalue weighted by atomic mass is 10.1. The largest absolute Gasteiger partial charge is 0.383 e. The quantitative estimate of drug-likeness (QED) is 0.605. The van der Waals surface area contributed by atoms with E-state index in [0.29, 0.717) is 18.1 Å². The fraction of sp³-hybridized carbons (Fsp3) is 0.154. The monoisotopic (exact) mass is 230 g/mol. The van der Waals surface area contributed by atoms with Gasteiger partial charge in [0.2, 0.25) is 0 Å². The van der Waals surface area contributed by atoms with E-state index in [9.17, 15) is 0 Å². The Bertz CT molecular complexity index is 567. The van der Waals surface area contributed by atoms with Crippen molar-refractivity contribution in [2.24, 2.45) is 0 Å². The van der Waals surface area contributed by atoms with Crippen LogP contribution in [0.5, 0.6) is 0 Å². The van der Waals surface area contributed by atoms with Crippen LogP contribution in [0.25, 0.3) is 10.8 Å². The second-order valence-electron chi connectivity index (χ2n) is 3.34. The second-order valence-corrected chi connectivity index (χ2v) is 3.72. The summed E-state index contributed by atoms with van der Waals surface area (Å²) in [5, 5.41) is 1.98. The summed E-state index contributed by atoms with van der Waals surface area (Å²) in [6.45, 7) is 0. The van der Waals surface area contributed by atoms with Crippen LogP contribution < -0.4 is 5.73 Å². The Hall–Kier alpha value is -1.72. The Balaban J connectivity index is 2.56. The van der Waals surface area contributed by atoms with E-state index in [4.69, 9.17) is 17.3 Å². The molecule has 2 N–H and O–H groups in total. The molecule has 16 heavy (non-hydrogen) atoms. The minimum absolute atomic E-state index is 0.540. The Morgan fingerprint density at radius 2 is 2.00 bits per heavy atom. The van der Waals surface area contributed by atoms with Crippen molar-refractivity contribution < 1.29 is 0 Å². The molecule has 1 heterocycles. The van der Waals surface area contributed by atoms with Crippen molar-refractivity contribution >= 4 is 28.2 Å². The highest BCUT2D eigenvalue weighted by Gasteiger charge is 2.01. The number of hydrogen-bond donors (Lipinski definition) is 1. The van der Waals surface area contributed by atoms with Crippen molar-refractivity contribution in [3.05, 3.63) is 36.0 Å². The second kappa shape index (κ2) is 4.87. The maximum absolute atomic E-state index is 5.80. The van der Waals surface area contributed by atoms with Gasteiger partial charge in [-0.3, -0.25) is 0 Å². The summed E-state index contributed by atoms with van der Waals surface area (Å²) in [6.07, 6.45) is 2.39. The molecular formula is C13H11ClN2. The molecule has 0 spiro atoms. The highest BCUT2D eigenvalue weighted by Crippen LogP contribution is 2.21. The zero-order chi connectivity index (χ0) is 11.4. The first-order valence-electron chi connectivity index (χ1n) is 5.01. The third-order valence-electron chi connectivity index (χ3n) is 2.27. The molecule has 0 unspecified atom stereocenters. The molecule has 0 aliphatic heterocycles. The molecule has 1 aromatic heterocycles. The number of nitrogen functional groups attached to an aromatic ring is 1. The number of fused-ring (bicyclic) bond motifs is 1. The fourth-order valence-corrected chi connectivity index (χ4v) is 1.61. The molecule has 0 saturated heterocycles. The van der Waals surface area contributed by atoms with Crippen LogP contribution in [0, 0.1) is 11.8 Å². The molecule has 0 amide bonds. The molecule has 0 atom stereocenters. The van der Waals surface area contributed by atoms with Gasteiger partial charge in [0, 0.05) is 29.3 Å². The van der Waals surface area contributed by atoms with Crippen molar-refractivity contribution in [1.82, 2.24) is 4.98 Å². The summed E-state index contributed by atoms with van der Waals surface area (Å²) in [7, 11) is 0. The van der Waals surface area contributed by atoms with E-state index in [1.807, 2.05) is 24.3 Å². The summed E-state index contributed by atoms with van der Waals surface area (Å²) in [6, 6.07) is 7.85. The Morgan fingerprint density at radius 1 is 1.25 bits per heavy atom. The standard InChI is InChI=1S/C13H11ClN2/c14-8-4-3-5-10-9-16-13(15)12-7-2-1-6-11(10)12/h1-2,6-7,9H,4,8H2,(H2,15,16). The molecule has 0 bridgehead atoms. The highest BCUT2D eigenvalue weighted by molar-refractivity contribution is 6.18. The lowest BCUT2D eigenvalue weighted by Gasteiger charge is -2.02. The number of aromatic nitrogens is 1. The van der Waals surface area contributed by atoms with Gasteiger partial charge in [-0.1, -0.05) is 36.1 Å². The number of nitrogens with zero attached hydrogens (tertiary/aromatic N) is 1. The van der Waals surface area contributed by atoms with Crippen LogP contribution in [0.3, 0.4) is 0 Å². The number of pyridine rings is 1. The van der Waals surface area contributed by atoms with Gasteiger partial charge in [-0.2, -0.15) is 0 Å². The summed E-state index contributed by atoms with van der Waals surface area (Å²) in [5.74, 6) is 7.15. The molecule has 0 aliphatic carbocycles. The zero-order valence-electron chi connectivity index (χ0n) is 8.70. The number of anilines is 1. The Labute approximate surface area is 99.4 Å². The molecule has 80 valence electrons. The van der Waals surface area contributed by atoms with Crippen LogP contribution in [0.15, 0.2) is 30.5 Å². The molecule has 2 nitrogen and oxygen atoms in total. The van der Waals surface area contributed by atoms with E-state index in [1.54, 1.807) is 6.20 Å². The first kappa shape index (κ1) is 10.8. The molecule has 0 radical (unpaired) electrons. The van der Waals surface area contributed by atoms with Crippen molar-refractivity contribution in [3.8, 4) is 11.8 Å². The van der Waals surface area contributed by atoms with Crippen molar-refractivity contribution in [3.63, 3.8) is 0 Å². The van der Waals surface area contributed by atoms with Crippen molar-refractivity contribution in [2.75, 3.05) is 11.6 Å². The summed E-state index contributed by atoms with van der Waals surface area (Å²) in [4.78, 5) is 4.13. The van der Waals surface area contributed by atoms with Crippen LogP contribution in [0.4, 0.5) is 5.82 Å². The van der Waals surface area contributed by atoms with Gasteiger partial charge >= 0.3 is 0 Å². The number of alkyl halides is 1. The molecule has 0 saturated carbocycles. The van der Waals surface area contributed by atoms with Gasteiger partial charge in [0.25, 0.3) is 0 Å². The highest BCUT2D eigenvalue weighted by atomic mass is 35.5. The number of rotatable bonds is 1. The van der Waals surface area contributed by atoms with Crippen LogP contribution >= 0.6 is 11.6 Å². The fourth-order valence-electron chi connectivity index (χ4n) is 1.52. The van der Waals surface area contributed by atoms with Gasteiger partial charge in [-0.15, -0.1) is 11.6 Å². The SMILES string of the molecule is Nc1ncc(C#CCCCl)c2ccccc12. The number of nitrogens with two attached hydrogens (primary N) is 1. The lowest BCUT2D eigenvalue weighted by molar-refractivity contribution is 1.29. The average molecular weight is 231 g/mol. The topological polar surface area (TPSA) is 38.9 Å². The minimum Gasteiger partial charge on any atom is -0.383 e. The van der Waals surface area contributed by atoms with Gasteiger partial charge in [0.1, 0.15) is 5.82 Å². The first-order chi connectivity index (χ1) is 7.83. The molecule has 0 fully saturated rings. The van der Waals surface area contributed by atoms with Crippen molar-refractivity contribution in [2.45, 2.75) is 6.42 Å². The van der Waals surface area contributed by atoms with Crippen LogP contribution in [-0.2, 0) is 0 Å². The lowest BCUT2D eigenvalue weighted by Crippen LogP contribution is -1.93. The van der Waals surface area contributed by atoms with Crippen LogP contribution in [0.2, 0.25) is 0 Å². The van der Waals surface area contributed by atoms with E-state index >= 15 is 0 Å². The first-order valence-corrected chi connectivity index (χ1v) is 5.54. The van der Waals surface area contributed by atoms with E-state index in [1.165, 1.54) is 0 Å². The Morgan fingerprint density at radius 3 is 2.75 bits per heavy atom. The van der Waals surface area contributed by atoms with E-state index < -0.39 is 0 Å². The molecule has 2 rings (SSSR count). The summed E-state index contributed by atoms with van der Waals surface area (Å²) in [5.41, 5.74) is 6.70. The molecule has 3 heteroatoms. The Kier molecular flexibility index (Phi) is 3.28. The maximum atomic E-state index is 5.80. The minimum atomic E-state index is 0.540. The molecule has 1 aromatic carbocycles. The third kappa shape index (κ3) is 2.10. The summed E-state index contributed by atoms with van der Waals surface area (Å²) < 4.78 is 0. The summed E-state index contributed by atoms with van der Waals surface area (Å²) >= 11 is 5.57. The van der Waals surface area contributed by atoms with E-state index in [2.05, 4.69) is 16.8 Å². The van der Waals surface area contributed by atoms with Crippen molar-refractivity contribution in [1.29, 1.82) is 0 Å². The number of hydrogen-bond acceptors (Lipinski definition) is 2. The zero-order valence-corrected chi connectivity index (χ0v) is 9.46. The smallest absolute Gasteiger partial charge is 0.131 e. The number of halogens is 1. The average Bonchev–Trinajstić information content (AvgIpc) is 2.33. The maximum Gasteiger partial charge on any atom is 0.131 e. The van der Waals surface area contributed by atoms with Gasteiger partial charge in [0.15, 0.2) is 0 Å². The molecule has 0 aliphatic rings. The molecular weight excluding hydrogens is 220 g/mol. The third-order valence-corrected chi connectivity index (χ3v) is 2.46. The van der Waals surface area contributed by atoms with Gasteiger partial charge in [-0.25, -0.2) is 4.98 Å². The van der Waals surface area contributed by atoms with Gasteiger partial charge < -0.3 is 5.73 Å². The normalized spacial score (nSPS) is 9.81. The van der Waals surface area contributed by atoms with Crippen LogP contribution in [-0.4, -0.2) is 10.9 Å². The number of benzene rings is 1. The predicted octanol–water partition coefficient (Wildman–Crippen LogP) is 2.80. The molecule has 2 aromatic rings. The van der Waals surface area contributed by atoms with E-state index in [-0.39, 0.29) is 0 Å². The van der Waals surface area contributed by atoms with Gasteiger partial charge in [0.05, 0.1) is 5.56 Å².